The number of nitrogen functional groups attached to an aromatic ring is 1. The third-order valence-corrected chi connectivity index (χ3v) is 5.21. The molecule has 4 rings (SSSR count). The molecule has 1 unspecified atom stereocenters. The number of nitrogens with two attached hydrogens (primary N) is 1. The van der Waals surface area contributed by atoms with Gasteiger partial charge in [-0.3, -0.25) is 4.68 Å². The van der Waals surface area contributed by atoms with E-state index in [4.69, 9.17) is 25.1 Å². The van der Waals surface area contributed by atoms with E-state index in [1.165, 1.54) is 0 Å². The van der Waals surface area contributed by atoms with Crippen molar-refractivity contribution in [1.82, 2.24) is 25.0 Å². The van der Waals surface area contributed by atoms with Crippen LogP contribution >= 0.6 is 0 Å². The van der Waals surface area contributed by atoms with Gasteiger partial charge < -0.3 is 25.1 Å². The molecule has 4 aromatic rings. The summed E-state index contributed by atoms with van der Waals surface area (Å²) in [5.41, 5.74) is 10.1. The number of benzene rings is 1. The van der Waals surface area contributed by atoms with Crippen molar-refractivity contribution in [2.75, 3.05) is 32.9 Å². The molecule has 0 radical (unpaired) electrons. The minimum atomic E-state index is -0.0770. The summed E-state index contributed by atoms with van der Waals surface area (Å²) in [7, 11) is 1.57. The van der Waals surface area contributed by atoms with Crippen molar-refractivity contribution in [2.24, 2.45) is 0 Å². The second kappa shape index (κ2) is 10.7. The fraction of sp³-hybridized carbons (Fsp3) is 0.250. The zero-order chi connectivity index (χ0) is 23.9. The molecule has 0 aliphatic carbocycles. The molecule has 0 saturated carbocycles. The first kappa shape index (κ1) is 23.1. The molecule has 0 saturated heterocycles. The molecule has 3 heterocycles. The average molecular weight is 463 g/mol. The second-order valence-corrected chi connectivity index (χ2v) is 7.46. The van der Waals surface area contributed by atoms with Gasteiger partial charge in [-0.25, -0.2) is 4.98 Å². The maximum atomic E-state index is 8.87. The number of nitrogens with zero attached hydrogens (tertiary/aromatic N) is 5. The number of aromatic nitrogens is 5. The van der Waals surface area contributed by atoms with E-state index in [2.05, 4.69) is 20.3 Å². The number of methoxy groups -OCH3 is 1. The number of aliphatic hydroxyl groups is 1. The highest BCUT2D eigenvalue weighted by molar-refractivity contribution is 5.78. The first-order valence-corrected chi connectivity index (χ1v) is 10.7. The number of anilines is 1. The van der Waals surface area contributed by atoms with Gasteiger partial charge in [0.2, 0.25) is 5.88 Å². The number of para-hydroxylation sites is 1. The molecule has 0 fully saturated rings. The average Bonchev–Trinajstić information content (AvgIpc) is 3.37. The van der Waals surface area contributed by atoms with E-state index in [-0.39, 0.29) is 26.0 Å². The first-order valence-electron chi connectivity index (χ1n) is 10.7. The monoisotopic (exact) mass is 462 g/mol. The molecule has 1 atom stereocenters. The van der Waals surface area contributed by atoms with Crippen LogP contribution in [-0.2, 0) is 4.74 Å². The molecule has 10 nitrogen and oxygen atoms in total. The van der Waals surface area contributed by atoms with Gasteiger partial charge in [0.05, 0.1) is 24.5 Å². The summed E-state index contributed by atoms with van der Waals surface area (Å²) >= 11 is 0. The largest absolute Gasteiger partial charge is 0.475 e. The quantitative estimate of drug-likeness (QED) is 0.342. The van der Waals surface area contributed by atoms with Gasteiger partial charge in [0.1, 0.15) is 12.4 Å². The summed E-state index contributed by atoms with van der Waals surface area (Å²) in [4.78, 5) is 4.28. The van der Waals surface area contributed by atoms with Gasteiger partial charge in [0.25, 0.3) is 0 Å². The van der Waals surface area contributed by atoms with Gasteiger partial charge in [0.15, 0.2) is 12.6 Å². The predicted molar refractivity (Wildman–Crippen MR) is 126 cm³/mol. The van der Waals surface area contributed by atoms with Crippen molar-refractivity contribution in [3.8, 4) is 34.0 Å². The Labute approximate surface area is 197 Å². The number of ether oxygens (including phenoxy) is 3. The van der Waals surface area contributed by atoms with Gasteiger partial charge in [-0.15, -0.1) is 10.2 Å². The lowest BCUT2D eigenvalue weighted by Gasteiger charge is -2.13. The number of hydrogen-bond donors (Lipinski definition) is 2. The smallest absolute Gasteiger partial charge is 0.213 e. The molecule has 34 heavy (non-hydrogen) atoms. The van der Waals surface area contributed by atoms with Crippen LogP contribution in [0.1, 0.15) is 18.5 Å². The topological polar surface area (TPSA) is 130 Å². The highest BCUT2D eigenvalue weighted by Crippen LogP contribution is 2.33. The summed E-state index contributed by atoms with van der Waals surface area (Å²) in [6.45, 7) is 2.29. The number of pyridine rings is 1. The van der Waals surface area contributed by atoms with E-state index >= 15 is 0 Å². The van der Waals surface area contributed by atoms with Gasteiger partial charge in [-0.2, -0.15) is 5.10 Å². The Morgan fingerprint density at radius 1 is 1.06 bits per heavy atom. The molecular weight excluding hydrogens is 436 g/mol. The van der Waals surface area contributed by atoms with Gasteiger partial charge >= 0.3 is 0 Å². The van der Waals surface area contributed by atoms with Crippen LogP contribution in [0.2, 0.25) is 0 Å². The Kier molecular flexibility index (Phi) is 7.31. The SMILES string of the molecule is COCOc1ccccc1-c1cc(-c2cnn(C(C)c3ccc(OCCO)nc3)c2)c(N)nn1. The summed E-state index contributed by atoms with van der Waals surface area (Å²) in [5.74, 6) is 1.40. The molecule has 0 aliphatic rings. The standard InChI is InChI=1S/C24H26N6O4/c1-16(17-7-8-23(26-12-17)33-10-9-31)30-14-18(13-27-30)20-11-21(28-29-24(20)25)19-5-3-4-6-22(19)34-15-32-2/h3-8,11-14,16,31H,9-10,15H2,1-2H3,(H2,25,29). The highest BCUT2D eigenvalue weighted by atomic mass is 16.7. The van der Waals surface area contributed by atoms with Gasteiger partial charge in [0, 0.05) is 42.3 Å². The normalized spacial score (nSPS) is 11.9. The van der Waals surface area contributed by atoms with E-state index in [1.807, 2.05) is 54.2 Å². The summed E-state index contributed by atoms with van der Waals surface area (Å²) < 4.78 is 17.8. The van der Waals surface area contributed by atoms with Crippen molar-refractivity contribution in [3.63, 3.8) is 0 Å². The molecule has 0 bridgehead atoms. The van der Waals surface area contributed by atoms with Crippen molar-refractivity contribution >= 4 is 5.82 Å². The lowest BCUT2D eigenvalue weighted by Crippen LogP contribution is -2.08. The Balaban J connectivity index is 1.59. The Bertz CT molecular complexity index is 1230. The van der Waals surface area contributed by atoms with Crippen molar-refractivity contribution in [2.45, 2.75) is 13.0 Å². The number of rotatable bonds is 10. The minimum absolute atomic E-state index is 0.0592. The summed E-state index contributed by atoms with van der Waals surface area (Å²) in [6.07, 6.45) is 5.38. The molecule has 0 aliphatic heterocycles. The van der Waals surface area contributed by atoms with E-state index in [0.717, 1.165) is 22.3 Å². The Morgan fingerprint density at radius 2 is 1.91 bits per heavy atom. The zero-order valence-corrected chi connectivity index (χ0v) is 19.0. The van der Waals surface area contributed by atoms with E-state index < -0.39 is 0 Å². The number of aliphatic hydroxyl groups excluding tert-OH is 1. The van der Waals surface area contributed by atoms with E-state index in [9.17, 15) is 0 Å². The van der Waals surface area contributed by atoms with E-state index in [0.29, 0.717) is 23.1 Å². The molecule has 0 spiro atoms. The van der Waals surface area contributed by atoms with Crippen molar-refractivity contribution in [1.29, 1.82) is 0 Å². The molecule has 3 N–H and O–H groups in total. The van der Waals surface area contributed by atoms with Gasteiger partial charge in [-0.1, -0.05) is 12.1 Å². The molecule has 10 heteroatoms. The van der Waals surface area contributed by atoms with Gasteiger partial charge in [-0.05, 0) is 36.8 Å². The summed E-state index contributed by atoms with van der Waals surface area (Å²) in [6, 6.07) is 13.0. The van der Waals surface area contributed by atoms with Crippen LogP contribution in [0.3, 0.4) is 0 Å². The lowest BCUT2D eigenvalue weighted by molar-refractivity contribution is 0.0515. The molecule has 0 amide bonds. The van der Waals surface area contributed by atoms with Crippen LogP contribution in [0.4, 0.5) is 5.82 Å². The Morgan fingerprint density at radius 3 is 2.68 bits per heavy atom. The highest BCUT2D eigenvalue weighted by Gasteiger charge is 2.16. The Hall–Kier alpha value is -4.02. The third kappa shape index (κ3) is 5.13. The van der Waals surface area contributed by atoms with Crippen LogP contribution in [0.25, 0.3) is 22.4 Å². The predicted octanol–water partition coefficient (Wildman–Crippen LogP) is 2.95. The molecular formula is C24H26N6O4. The fourth-order valence-corrected chi connectivity index (χ4v) is 3.41. The second-order valence-electron chi connectivity index (χ2n) is 7.46. The van der Waals surface area contributed by atoms with Crippen LogP contribution in [0.5, 0.6) is 11.6 Å². The maximum Gasteiger partial charge on any atom is 0.213 e. The third-order valence-electron chi connectivity index (χ3n) is 5.21. The fourth-order valence-electron chi connectivity index (χ4n) is 3.41. The number of hydrogen-bond acceptors (Lipinski definition) is 9. The molecule has 3 aromatic heterocycles. The van der Waals surface area contributed by atoms with Crippen molar-refractivity contribution in [3.05, 3.63) is 66.6 Å². The zero-order valence-electron chi connectivity index (χ0n) is 19.0. The molecule has 176 valence electrons. The first-order chi connectivity index (χ1) is 16.6. The lowest BCUT2D eigenvalue weighted by atomic mass is 10.1. The molecule has 1 aromatic carbocycles. The summed E-state index contributed by atoms with van der Waals surface area (Å²) in [5, 5.41) is 21.8. The van der Waals surface area contributed by atoms with Crippen LogP contribution in [-0.4, -0.2) is 57.2 Å². The van der Waals surface area contributed by atoms with E-state index in [1.54, 1.807) is 25.6 Å². The van der Waals surface area contributed by atoms with Crippen LogP contribution in [0, 0.1) is 0 Å². The van der Waals surface area contributed by atoms with Crippen LogP contribution < -0.4 is 15.2 Å². The van der Waals surface area contributed by atoms with Crippen LogP contribution in [0.15, 0.2) is 61.1 Å². The minimum Gasteiger partial charge on any atom is -0.475 e. The maximum absolute atomic E-state index is 8.87. The van der Waals surface area contributed by atoms with Crippen molar-refractivity contribution < 1.29 is 19.3 Å².